The minimum absolute atomic E-state index is 0.0490. The second-order valence-electron chi connectivity index (χ2n) is 8.53. The smallest absolute Gasteiger partial charge is 0.317 e. The van der Waals surface area contributed by atoms with Gasteiger partial charge in [-0.15, -0.1) is 0 Å². The SMILES string of the molecule is COc1ccccc1-c1ccnc(C2CCN(C(=O)NCC3(C)CCC(=O)N3)CC2)n1. The average molecular weight is 424 g/mol. The number of likely N-dealkylation sites (tertiary alicyclic amines) is 1. The maximum atomic E-state index is 12.6. The van der Waals surface area contributed by atoms with Crippen molar-refractivity contribution < 1.29 is 14.3 Å². The van der Waals surface area contributed by atoms with Gasteiger partial charge in [0.1, 0.15) is 11.6 Å². The van der Waals surface area contributed by atoms with Crippen LogP contribution in [0.5, 0.6) is 5.75 Å². The van der Waals surface area contributed by atoms with Gasteiger partial charge in [-0.1, -0.05) is 12.1 Å². The maximum Gasteiger partial charge on any atom is 0.317 e. The number of methoxy groups -OCH3 is 1. The van der Waals surface area contributed by atoms with Crippen LogP contribution >= 0.6 is 0 Å². The lowest BCUT2D eigenvalue weighted by Crippen LogP contribution is -2.52. The first-order valence-electron chi connectivity index (χ1n) is 10.8. The Balaban J connectivity index is 1.35. The third kappa shape index (κ3) is 4.78. The summed E-state index contributed by atoms with van der Waals surface area (Å²) in [6, 6.07) is 9.63. The van der Waals surface area contributed by atoms with Gasteiger partial charge in [-0.05, 0) is 44.4 Å². The molecule has 2 aromatic rings. The molecule has 0 bridgehead atoms. The number of benzene rings is 1. The maximum absolute atomic E-state index is 12.6. The Morgan fingerprint density at radius 1 is 1.29 bits per heavy atom. The number of ether oxygens (including phenoxy) is 1. The van der Waals surface area contributed by atoms with E-state index in [1.54, 1.807) is 13.3 Å². The molecule has 2 aliphatic heterocycles. The lowest BCUT2D eigenvalue weighted by molar-refractivity contribution is -0.119. The Labute approximate surface area is 182 Å². The molecule has 0 saturated carbocycles. The summed E-state index contributed by atoms with van der Waals surface area (Å²) in [4.78, 5) is 35.2. The second-order valence-corrected chi connectivity index (χ2v) is 8.53. The highest BCUT2D eigenvalue weighted by molar-refractivity contribution is 5.80. The number of para-hydroxylation sites is 1. The number of aromatic nitrogens is 2. The highest BCUT2D eigenvalue weighted by Crippen LogP contribution is 2.31. The first kappa shape index (κ1) is 21.1. The van der Waals surface area contributed by atoms with E-state index in [2.05, 4.69) is 15.6 Å². The Morgan fingerprint density at radius 2 is 2.06 bits per heavy atom. The number of nitrogens with zero attached hydrogens (tertiary/aromatic N) is 3. The first-order valence-corrected chi connectivity index (χ1v) is 10.8. The normalized spacial score (nSPS) is 21.6. The largest absolute Gasteiger partial charge is 0.496 e. The van der Waals surface area contributed by atoms with Crippen LogP contribution in [0.15, 0.2) is 36.5 Å². The highest BCUT2D eigenvalue weighted by atomic mass is 16.5. The molecular formula is C23H29N5O3. The lowest BCUT2D eigenvalue weighted by atomic mass is 9.95. The van der Waals surface area contributed by atoms with Gasteiger partial charge in [0, 0.05) is 43.7 Å². The number of urea groups is 1. The number of rotatable bonds is 5. The Hall–Kier alpha value is -3.16. The number of amides is 3. The van der Waals surface area contributed by atoms with Gasteiger partial charge in [0.15, 0.2) is 0 Å². The molecule has 0 radical (unpaired) electrons. The van der Waals surface area contributed by atoms with Crippen molar-refractivity contribution >= 4 is 11.9 Å². The molecule has 8 heteroatoms. The number of hydrogen-bond acceptors (Lipinski definition) is 5. The fourth-order valence-corrected chi connectivity index (χ4v) is 4.28. The molecule has 0 spiro atoms. The van der Waals surface area contributed by atoms with E-state index in [4.69, 9.17) is 9.72 Å². The van der Waals surface area contributed by atoms with Crippen LogP contribution in [0.2, 0.25) is 0 Å². The molecular weight excluding hydrogens is 394 g/mol. The van der Waals surface area contributed by atoms with E-state index in [0.717, 1.165) is 42.1 Å². The second kappa shape index (κ2) is 8.91. The molecule has 1 aromatic carbocycles. The van der Waals surface area contributed by atoms with Gasteiger partial charge in [-0.3, -0.25) is 4.79 Å². The van der Waals surface area contributed by atoms with Crippen molar-refractivity contribution in [2.24, 2.45) is 0 Å². The van der Waals surface area contributed by atoms with Gasteiger partial charge in [0.05, 0.1) is 18.3 Å². The third-order valence-electron chi connectivity index (χ3n) is 6.18. The highest BCUT2D eigenvalue weighted by Gasteiger charge is 2.34. The van der Waals surface area contributed by atoms with E-state index in [9.17, 15) is 9.59 Å². The molecule has 8 nitrogen and oxygen atoms in total. The van der Waals surface area contributed by atoms with Crippen LogP contribution in [-0.2, 0) is 4.79 Å². The molecule has 31 heavy (non-hydrogen) atoms. The summed E-state index contributed by atoms with van der Waals surface area (Å²) in [6.07, 6.45) is 4.69. The molecule has 164 valence electrons. The summed E-state index contributed by atoms with van der Waals surface area (Å²) in [7, 11) is 1.66. The summed E-state index contributed by atoms with van der Waals surface area (Å²) >= 11 is 0. The Kier molecular flexibility index (Phi) is 6.06. The Morgan fingerprint density at radius 3 is 2.77 bits per heavy atom. The standard InChI is InChI=1S/C23H29N5O3/c1-23(11-7-20(29)27-23)15-25-22(30)28-13-9-16(10-14-28)21-24-12-8-18(26-21)17-5-3-4-6-19(17)31-2/h3-6,8,12,16H,7,9-11,13-15H2,1-2H3,(H,25,30)(H,27,29). The van der Waals surface area contributed by atoms with E-state index >= 15 is 0 Å². The predicted molar refractivity (Wildman–Crippen MR) is 117 cm³/mol. The van der Waals surface area contributed by atoms with Crippen molar-refractivity contribution in [1.29, 1.82) is 0 Å². The monoisotopic (exact) mass is 423 g/mol. The number of nitrogens with one attached hydrogen (secondary N) is 2. The van der Waals surface area contributed by atoms with E-state index in [0.29, 0.717) is 26.1 Å². The zero-order valence-electron chi connectivity index (χ0n) is 18.1. The van der Waals surface area contributed by atoms with Crippen LogP contribution in [-0.4, -0.2) is 59.1 Å². The Bertz CT molecular complexity index is 958. The molecule has 1 aromatic heterocycles. The minimum atomic E-state index is -0.349. The zero-order chi connectivity index (χ0) is 21.8. The molecule has 1 unspecified atom stereocenters. The van der Waals surface area contributed by atoms with Crippen molar-refractivity contribution in [3.63, 3.8) is 0 Å². The number of carbonyl (C=O) groups is 2. The van der Waals surface area contributed by atoms with E-state index in [-0.39, 0.29) is 23.4 Å². The van der Waals surface area contributed by atoms with Crippen molar-refractivity contribution in [3.05, 3.63) is 42.4 Å². The van der Waals surface area contributed by atoms with Crippen molar-refractivity contribution in [2.75, 3.05) is 26.7 Å². The number of carbonyl (C=O) groups excluding carboxylic acids is 2. The predicted octanol–water partition coefficient (Wildman–Crippen LogP) is 2.71. The fraction of sp³-hybridized carbons (Fsp3) is 0.478. The molecule has 3 heterocycles. The summed E-state index contributed by atoms with van der Waals surface area (Å²) in [5, 5.41) is 5.93. The van der Waals surface area contributed by atoms with Gasteiger partial charge in [-0.2, -0.15) is 0 Å². The van der Waals surface area contributed by atoms with Crippen LogP contribution in [0.3, 0.4) is 0 Å². The van der Waals surface area contributed by atoms with Crippen molar-refractivity contribution in [2.45, 2.75) is 44.1 Å². The number of hydrogen-bond donors (Lipinski definition) is 2. The molecule has 2 N–H and O–H groups in total. The van der Waals surface area contributed by atoms with Crippen molar-refractivity contribution in [1.82, 2.24) is 25.5 Å². The van der Waals surface area contributed by atoms with Crippen LogP contribution in [0.25, 0.3) is 11.3 Å². The average Bonchev–Trinajstić information content (AvgIpc) is 3.16. The van der Waals surface area contributed by atoms with Gasteiger partial charge >= 0.3 is 6.03 Å². The van der Waals surface area contributed by atoms with Gasteiger partial charge in [0.2, 0.25) is 5.91 Å². The van der Waals surface area contributed by atoms with Crippen molar-refractivity contribution in [3.8, 4) is 17.0 Å². The third-order valence-corrected chi connectivity index (χ3v) is 6.18. The quantitative estimate of drug-likeness (QED) is 0.771. The molecule has 0 aliphatic carbocycles. The van der Waals surface area contributed by atoms with Crippen LogP contribution < -0.4 is 15.4 Å². The van der Waals surface area contributed by atoms with E-state index in [1.807, 2.05) is 42.2 Å². The minimum Gasteiger partial charge on any atom is -0.496 e. The summed E-state index contributed by atoms with van der Waals surface area (Å²) < 4.78 is 5.46. The first-order chi connectivity index (χ1) is 15.0. The van der Waals surface area contributed by atoms with Crippen LogP contribution in [0, 0.1) is 0 Å². The molecule has 2 saturated heterocycles. The topological polar surface area (TPSA) is 96.5 Å². The van der Waals surface area contributed by atoms with Gasteiger partial charge < -0.3 is 20.3 Å². The summed E-state index contributed by atoms with van der Waals surface area (Å²) in [5.74, 6) is 1.86. The summed E-state index contributed by atoms with van der Waals surface area (Å²) in [6.45, 7) is 3.72. The molecule has 1 atom stereocenters. The van der Waals surface area contributed by atoms with E-state index < -0.39 is 0 Å². The fourth-order valence-electron chi connectivity index (χ4n) is 4.28. The molecule has 4 rings (SSSR count). The van der Waals surface area contributed by atoms with Gasteiger partial charge in [0.25, 0.3) is 0 Å². The zero-order valence-corrected chi connectivity index (χ0v) is 18.1. The van der Waals surface area contributed by atoms with Crippen LogP contribution in [0.1, 0.15) is 44.3 Å². The van der Waals surface area contributed by atoms with Gasteiger partial charge in [-0.25, -0.2) is 14.8 Å². The lowest BCUT2D eigenvalue weighted by Gasteiger charge is -2.33. The van der Waals surface area contributed by atoms with E-state index in [1.165, 1.54) is 0 Å². The van der Waals surface area contributed by atoms with Crippen LogP contribution in [0.4, 0.5) is 4.79 Å². The molecule has 3 amide bonds. The molecule has 2 aliphatic rings. The molecule has 2 fully saturated rings. The number of piperidine rings is 1. The summed E-state index contributed by atoms with van der Waals surface area (Å²) in [5.41, 5.74) is 1.44.